The highest BCUT2D eigenvalue weighted by molar-refractivity contribution is 5.91. The van der Waals surface area contributed by atoms with E-state index in [1.165, 1.54) is 0 Å². The molecule has 1 aliphatic carbocycles. The third kappa shape index (κ3) is 7.09. The Morgan fingerprint density at radius 2 is 1.50 bits per heavy atom. The third-order valence-corrected chi connectivity index (χ3v) is 5.74. The van der Waals surface area contributed by atoms with Crippen LogP contribution in [0.25, 0.3) is 5.57 Å². The van der Waals surface area contributed by atoms with E-state index < -0.39 is 5.97 Å². The van der Waals surface area contributed by atoms with Crippen LogP contribution in [0.2, 0.25) is 0 Å². The van der Waals surface area contributed by atoms with Gasteiger partial charge in [0.25, 0.3) is 0 Å². The highest BCUT2D eigenvalue weighted by atomic mass is 16.4. The average molecular weight is 458 g/mol. The summed E-state index contributed by atoms with van der Waals surface area (Å²) in [5.41, 5.74) is 9.35. The van der Waals surface area contributed by atoms with Gasteiger partial charge < -0.3 is 15.5 Å². The standard InChI is InChI=1S/C29H31NO4/c1-2-26(21-9-7-8-10-21)29(23-15-19-25(31)20-16-23)22-13-17-24(18-14-22)30-27(32)11-5-3-4-6-12-28(33)34/h7-9,13-20,31H,2-6,11-12H2,1H3,(H,30,32)(H,33,34)/b29-26-. The van der Waals surface area contributed by atoms with Crippen LogP contribution in [0, 0.1) is 0 Å². The molecule has 3 N–H and O–H groups in total. The molecule has 0 heterocycles. The topological polar surface area (TPSA) is 86.6 Å². The van der Waals surface area contributed by atoms with Gasteiger partial charge in [0, 0.05) is 24.1 Å². The number of carboxylic acids is 1. The van der Waals surface area contributed by atoms with Gasteiger partial charge in [-0.05, 0) is 78.0 Å². The van der Waals surface area contributed by atoms with Crippen LogP contribution in [0.3, 0.4) is 0 Å². The molecule has 0 saturated heterocycles. The maximum Gasteiger partial charge on any atom is 0.303 e. The number of nitrogens with one attached hydrogen (secondary N) is 1. The van der Waals surface area contributed by atoms with Gasteiger partial charge in [-0.2, -0.15) is 0 Å². The SMILES string of the molecule is CC/C(C1=C=CC=C1)=C(/c1ccc(O)cc1)c1ccc(NC(=O)CCCCCCC(=O)O)cc1. The molecule has 0 unspecified atom stereocenters. The van der Waals surface area contributed by atoms with E-state index in [0.29, 0.717) is 12.8 Å². The molecule has 2 aromatic rings. The molecule has 0 saturated carbocycles. The Labute approximate surface area is 200 Å². The van der Waals surface area contributed by atoms with Crippen LogP contribution in [0.1, 0.15) is 63.0 Å². The van der Waals surface area contributed by atoms with Crippen LogP contribution in [0.4, 0.5) is 5.69 Å². The van der Waals surface area contributed by atoms with Crippen LogP contribution in [-0.2, 0) is 9.59 Å². The number of aromatic hydroxyl groups is 1. The number of hydrogen-bond donors (Lipinski definition) is 3. The molecule has 0 aromatic heterocycles. The van der Waals surface area contributed by atoms with Gasteiger partial charge in [-0.25, -0.2) is 0 Å². The Hall–Kier alpha value is -3.82. The van der Waals surface area contributed by atoms with Crippen LogP contribution in [0.15, 0.2) is 83.6 Å². The minimum atomic E-state index is -0.774. The van der Waals surface area contributed by atoms with E-state index in [1.807, 2.05) is 48.6 Å². The van der Waals surface area contributed by atoms with E-state index in [-0.39, 0.29) is 18.1 Å². The Kier molecular flexibility index (Phi) is 9.07. The van der Waals surface area contributed by atoms with Crippen LogP contribution in [0.5, 0.6) is 5.75 Å². The highest BCUT2D eigenvalue weighted by Crippen LogP contribution is 2.34. The molecular weight excluding hydrogens is 426 g/mol. The molecule has 0 fully saturated rings. The number of hydrogen-bond acceptors (Lipinski definition) is 3. The van der Waals surface area contributed by atoms with Crippen LogP contribution < -0.4 is 5.32 Å². The summed E-state index contributed by atoms with van der Waals surface area (Å²) in [6.07, 6.45) is 10.4. The minimum Gasteiger partial charge on any atom is -0.508 e. The zero-order valence-electron chi connectivity index (χ0n) is 19.5. The quantitative estimate of drug-likeness (QED) is 0.247. The van der Waals surface area contributed by atoms with Crippen molar-refractivity contribution in [1.29, 1.82) is 0 Å². The van der Waals surface area contributed by atoms with E-state index in [1.54, 1.807) is 12.1 Å². The summed E-state index contributed by atoms with van der Waals surface area (Å²) >= 11 is 0. The first-order valence-electron chi connectivity index (χ1n) is 11.8. The molecule has 0 spiro atoms. The lowest BCUT2D eigenvalue weighted by Gasteiger charge is -2.16. The molecule has 1 aliphatic rings. The number of aliphatic carboxylic acids is 1. The fourth-order valence-corrected chi connectivity index (χ4v) is 4.02. The number of benzene rings is 2. The van der Waals surface area contributed by atoms with Crippen molar-refractivity contribution < 1.29 is 19.8 Å². The second-order valence-electron chi connectivity index (χ2n) is 8.27. The normalized spacial score (nSPS) is 12.9. The Morgan fingerprint density at radius 3 is 2.06 bits per heavy atom. The van der Waals surface area contributed by atoms with Crippen molar-refractivity contribution >= 4 is 23.1 Å². The number of amides is 1. The Balaban J connectivity index is 1.71. The van der Waals surface area contributed by atoms with E-state index in [2.05, 4.69) is 24.0 Å². The number of unbranched alkanes of at least 4 members (excludes halogenated alkanes) is 3. The predicted molar refractivity (Wildman–Crippen MR) is 136 cm³/mol. The molecule has 5 nitrogen and oxygen atoms in total. The van der Waals surface area contributed by atoms with Crippen LogP contribution in [-0.4, -0.2) is 22.1 Å². The lowest BCUT2D eigenvalue weighted by molar-refractivity contribution is -0.137. The summed E-state index contributed by atoms with van der Waals surface area (Å²) in [7, 11) is 0. The lowest BCUT2D eigenvalue weighted by Crippen LogP contribution is -2.11. The van der Waals surface area contributed by atoms with Gasteiger partial charge in [-0.15, -0.1) is 5.73 Å². The third-order valence-electron chi connectivity index (χ3n) is 5.74. The minimum absolute atomic E-state index is 0.0408. The number of rotatable bonds is 12. The van der Waals surface area contributed by atoms with Gasteiger partial charge in [-0.1, -0.05) is 50.1 Å². The van der Waals surface area contributed by atoms with Crippen molar-refractivity contribution in [2.45, 2.75) is 51.9 Å². The van der Waals surface area contributed by atoms with Crippen molar-refractivity contribution in [3.8, 4) is 5.75 Å². The van der Waals surface area contributed by atoms with Gasteiger partial charge >= 0.3 is 5.97 Å². The van der Waals surface area contributed by atoms with E-state index in [4.69, 9.17) is 5.11 Å². The van der Waals surface area contributed by atoms with Crippen molar-refractivity contribution in [2.75, 3.05) is 5.32 Å². The van der Waals surface area contributed by atoms with E-state index in [9.17, 15) is 14.7 Å². The summed E-state index contributed by atoms with van der Waals surface area (Å²) in [5.74, 6) is -0.592. The van der Waals surface area contributed by atoms with Crippen molar-refractivity contribution in [2.24, 2.45) is 0 Å². The first-order valence-corrected chi connectivity index (χ1v) is 11.8. The number of anilines is 1. The number of carbonyl (C=O) groups is 2. The van der Waals surface area contributed by atoms with Gasteiger partial charge in [0.05, 0.1) is 0 Å². The fourth-order valence-electron chi connectivity index (χ4n) is 4.02. The highest BCUT2D eigenvalue weighted by Gasteiger charge is 2.15. The number of carbonyl (C=O) groups excluding carboxylic acids is 1. The number of allylic oxidation sites excluding steroid dienone is 4. The van der Waals surface area contributed by atoms with Gasteiger partial charge in [0.15, 0.2) is 0 Å². The second kappa shape index (κ2) is 12.4. The first-order chi connectivity index (χ1) is 16.5. The maximum absolute atomic E-state index is 12.3. The van der Waals surface area contributed by atoms with Gasteiger partial charge in [-0.3, -0.25) is 9.59 Å². The molecule has 1 amide bonds. The van der Waals surface area contributed by atoms with E-state index in [0.717, 1.165) is 59.2 Å². The second-order valence-corrected chi connectivity index (χ2v) is 8.27. The van der Waals surface area contributed by atoms with Crippen molar-refractivity contribution in [3.63, 3.8) is 0 Å². The zero-order valence-corrected chi connectivity index (χ0v) is 19.5. The predicted octanol–water partition coefficient (Wildman–Crippen LogP) is 6.62. The van der Waals surface area contributed by atoms with Crippen molar-refractivity contribution in [3.05, 3.63) is 94.8 Å². The molecule has 34 heavy (non-hydrogen) atoms. The molecule has 3 rings (SSSR count). The molecule has 2 aromatic carbocycles. The summed E-state index contributed by atoms with van der Waals surface area (Å²) in [4.78, 5) is 22.8. The monoisotopic (exact) mass is 457 g/mol. The Morgan fingerprint density at radius 1 is 0.882 bits per heavy atom. The van der Waals surface area contributed by atoms with E-state index >= 15 is 0 Å². The number of carboxylic acid groups (broad SMARTS) is 1. The fraction of sp³-hybridized carbons (Fsp3) is 0.276. The summed E-state index contributed by atoms with van der Waals surface area (Å²) in [6, 6.07) is 15.0. The summed E-state index contributed by atoms with van der Waals surface area (Å²) in [6.45, 7) is 2.12. The summed E-state index contributed by atoms with van der Waals surface area (Å²) < 4.78 is 0. The molecule has 5 heteroatoms. The number of phenols is 1. The molecular formula is C29H31NO4. The zero-order chi connectivity index (χ0) is 24.3. The lowest BCUT2D eigenvalue weighted by atomic mass is 9.88. The average Bonchev–Trinajstić information content (AvgIpc) is 3.35. The van der Waals surface area contributed by atoms with Gasteiger partial charge in [0.1, 0.15) is 5.75 Å². The Bertz CT molecular complexity index is 1130. The maximum atomic E-state index is 12.3. The largest absolute Gasteiger partial charge is 0.508 e. The molecule has 0 radical (unpaired) electrons. The first kappa shape index (κ1) is 24.8. The molecule has 0 aliphatic heterocycles. The van der Waals surface area contributed by atoms with Gasteiger partial charge in [0.2, 0.25) is 5.91 Å². The molecule has 0 atom stereocenters. The number of phenolic OH excluding ortho intramolecular Hbond substituents is 1. The molecule has 176 valence electrons. The molecule has 0 bridgehead atoms. The smallest absolute Gasteiger partial charge is 0.303 e. The van der Waals surface area contributed by atoms with Crippen LogP contribution >= 0.6 is 0 Å². The summed E-state index contributed by atoms with van der Waals surface area (Å²) in [5, 5.41) is 21.4. The van der Waals surface area contributed by atoms with Crippen molar-refractivity contribution in [1.82, 2.24) is 0 Å².